The molecule has 262 valence electrons. The van der Waals surface area contributed by atoms with Crippen molar-refractivity contribution in [3.05, 3.63) is 193 Å². The van der Waals surface area contributed by atoms with Crippen LogP contribution in [-0.4, -0.2) is 9.13 Å². The van der Waals surface area contributed by atoms with Gasteiger partial charge in [-0.25, -0.2) is 0 Å². The fraction of sp³-hybridized carbons (Fsp3) is 0.0370. The number of aromatic nitrogens is 2. The summed E-state index contributed by atoms with van der Waals surface area (Å²) in [5, 5.41) is 14.3. The molecule has 2 heteroatoms. The second kappa shape index (κ2) is 12.2. The average Bonchev–Trinajstić information content (AvgIpc) is 3.79. The van der Waals surface area contributed by atoms with Gasteiger partial charge < -0.3 is 9.13 Å². The minimum absolute atomic E-state index is 1.05. The Morgan fingerprint density at radius 2 is 0.786 bits per heavy atom. The number of hydrogen-bond donors (Lipinski definition) is 0. The fourth-order valence-corrected chi connectivity index (χ4v) is 9.58. The lowest BCUT2D eigenvalue weighted by molar-refractivity contribution is 1.02. The molecule has 1 aliphatic rings. The third kappa shape index (κ3) is 4.63. The topological polar surface area (TPSA) is 9.86 Å². The monoisotopic (exact) mass is 712 g/mol. The summed E-state index contributed by atoms with van der Waals surface area (Å²) in [5.41, 5.74) is 11.0. The zero-order chi connectivity index (χ0) is 36.7. The number of para-hydroxylation sites is 2. The Labute approximate surface area is 324 Å². The lowest BCUT2D eigenvalue weighted by atomic mass is 9.92. The van der Waals surface area contributed by atoms with Crippen molar-refractivity contribution in [2.75, 3.05) is 0 Å². The lowest BCUT2D eigenvalue weighted by Crippen LogP contribution is -2.30. The summed E-state index contributed by atoms with van der Waals surface area (Å²) < 4.78 is 4.86. The SMILES string of the molecule is C1=c2c(n(-c3cccc(-c4ccc5c6ccccc6c6ccccc6c5c4)c3)c3ccc(-c4ccc5c(c4)c4ccccc4n5-c4ccccc4)cc23)=CCC1. The Morgan fingerprint density at radius 1 is 0.286 bits per heavy atom. The number of rotatable bonds is 4. The molecule has 0 radical (unpaired) electrons. The largest absolute Gasteiger partial charge is 0.310 e. The normalized spacial score (nSPS) is 12.8. The molecule has 0 amide bonds. The zero-order valence-electron chi connectivity index (χ0n) is 30.8. The average molecular weight is 713 g/mol. The molecule has 0 unspecified atom stereocenters. The van der Waals surface area contributed by atoms with E-state index in [9.17, 15) is 0 Å². The maximum atomic E-state index is 2.48. The van der Waals surface area contributed by atoms with Crippen molar-refractivity contribution < 1.29 is 0 Å². The third-order valence-electron chi connectivity index (χ3n) is 12.1. The summed E-state index contributed by atoms with van der Waals surface area (Å²) in [6.07, 6.45) is 6.97. The minimum Gasteiger partial charge on any atom is -0.310 e. The number of benzene rings is 9. The Hall–Kier alpha value is -7.16. The van der Waals surface area contributed by atoms with Gasteiger partial charge in [-0.05, 0) is 128 Å². The molecular formula is C54H36N2. The van der Waals surface area contributed by atoms with Gasteiger partial charge in [0.25, 0.3) is 0 Å². The second-order valence-electron chi connectivity index (χ2n) is 15.2. The molecule has 11 aromatic rings. The summed E-state index contributed by atoms with van der Waals surface area (Å²) in [7, 11) is 0. The van der Waals surface area contributed by atoms with Crippen molar-refractivity contribution in [2.24, 2.45) is 0 Å². The maximum absolute atomic E-state index is 2.48. The van der Waals surface area contributed by atoms with Crippen LogP contribution in [0.4, 0.5) is 0 Å². The van der Waals surface area contributed by atoms with Gasteiger partial charge in [0.05, 0.1) is 16.6 Å². The molecule has 2 aromatic heterocycles. The predicted octanol–water partition coefficient (Wildman–Crippen LogP) is 12.9. The van der Waals surface area contributed by atoms with Crippen LogP contribution in [0, 0.1) is 0 Å². The van der Waals surface area contributed by atoms with Gasteiger partial charge in [0.15, 0.2) is 0 Å². The van der Waals surface area contributed by atoms with Crippen LogP contribution in [-0.2, 0) is 0 Å². The molecule has 2 nitrogen and oxygen atoms in total. The van der Waals surface area contributed by atoms with Gasteiger partial charge in [0.2, 0.25) is 0 Å². The van der Waals surface area contributed by atoms with E-state index in [1.165, 1.54) is 109 Å². The fourth-order valence-electron chi connectivity index (χ4n) is 9.58. The summed E-state index contributed by atoms with van der Waals surface area (Å²) in [5.74, 6) is 0. The van der Waals surface area contributed by atoms with Crippen LogP contribution >= 0.6 is 0 Å². The van der Waals surface area contributed by atoms with Crippen LogP contribution in [0.3, 0.4) is 0 Å². The highest BCUT2D eigenvalue weighted by atomic mass is 15.0. The summed E-state index contributed by atoms with van der Waals surface area (Å²) in [6.45, 7) is 0. The molecule has 0 saturated carbocycles. The van der Waals surface area contributed by atoms with E-state index in [-0.39, 0.29) is 0 Å². The Morgan fingerprint density at radius 3 is 1.52 bits per heavy atom. The van der Waals surface area contributed by atoms with Gasteiger partial charge in [0.1, 0.15) is 0 Å². The highest BCUT2D eigenvalue weighted by Crippen LogP contribution is 2.38. The standard InChI is InChI=1S/C54H36N2/c1-2-14-39(15-3-1)55-51-23-10-8-21-46(51)49-33-37(26-29-53(49)55)38-27-30-54-50(34-38)47-22-9-11-24-52(47)56(54)40-16-12-13-35(31-40)36-25-28-45-43-19-5-4-17-41(43)42-18-6-7-20-44(42)48(45)32-36/h1-8,10,12-34H,9,11H2. The molecule has 0 N–H and O–H groups in total. The molecule has 12 rings (SSSR count). The van der Waals surface area contributed by atoms with Gasteiger partial charge in [0, 0.05) is 38.1 Å². The van der Waals surface area contributed by atoms with Crippen molar-refractivity contribution in [1.82, 2.24) is 9.13 Å². The third-order valence-corrected chi connectivity index (χ3v) is 12.1. The summed E-state index contributed by atoms with van der Waals surface area (Å²) in [6, 6.07) is 67.2. The molecule has 0 saturated heterocycles. The van der Waals surface area contributed by atoms with E-state index in [1.807, 2.05) is 0 Å². The Kier molecular flexibility index (Phi) is 6.79. The minimum atomic E-state index is 1.05. The van der Waals surface area contributed by atoms with E-state index in [4.69, 9.17) is 0 Å². The maximum Gasteiger partial charge on any atom is 0.0541 e. The lowest BCUT2D eigenvalue weighted by Gasteiger charge is -2.13. The second-order valence-corrected chi connectivity index (χ2v) is 15.2. The van der Waals surface area contributed by atoms with Gasteiger partial charge in [-0.2, -0.15) is 0 Å². The van der Waals surface area contributed by atoms with E-state index in [1.54, 1.807) is 0 Å². The molecule has 2 heterocycles. The van der Waals surface area contributed by atoms with E-state index >= 15 is 0 Å². The van der Waals surface area contributed by atoms with Crippen molar-refractivity contribution in [3.8, 4) is 33.6 Å². The first-order valence-corrected chi connectivity index (χ1v) is 19.7. The number of hydrogen-bond acceptors (Lipinski definition) is 0. The van der Waals surface area contributed by atoms with E-state index in [0.29, 0.717) is 0 Å². The molecule has 9 aromatic carbocycles. The van der Waals surface area contributed by atoms with Crippen molar-refractivity contribution >= 4 is 77.2 Å². The highest BCUT2D eigenvalue weighted by molar-refractivity contribution is 6.25. The van der Waals surface area contributed by atoms with Gasteiger partial charge in [-0.15, -0.1) is 0 Å². The van der Waals surface area contributed by atoms with E-state index < -0.39 is 0 Å². The quantitative estimate of drug-likeness (QED) is 0.161. The molecule has 0 atom stereocenters. The smallest absolute Gasteiger partial charge is 0.0541 e. The molecule has 0 spiro atoms. The zero-order valence-corrected chi connectivity index (χ0v) is 30.8. The van der Waals surface area contributed by atoms with Gasteiger partial charge in [-0.3, -0.25) is 0 Å². The van der Waals surface area contributed by atoms with Crippen LogP contribution in [0.2, 0.25) is 0 Å². The Bertz CT molecular complexity index is 3490. The van der Waals surface area contributed by atoms with Gasteiger partial charge >= 0.3 is 0 Å². The highest BCUT2D eigenvalue weighted by Gasteiger charge is 2.17. The molecule has 1 aliphatic carbocycles. The number of fused-ring (bicyclic) bond motifs is 12. The van der Waals surface area contributed by atoms with Crippen LogP contribution in [0.5, 0.6) is 0 Å². The molecule has 0 bridgehead atoms. The molecule has 0 fully saturated rings. The molecule has 56 heavy (non-hydrogen) atoms. The van der Waals surface area contributed by atoms with E-state index in [0.717, 1.165) is 12.8 Å². The summed E-state index contributed by atoms with van der Waals surface area (Å²) in [4.78, 5) is 0. The van der Waals surface area contributed by atoms with Crippen molar-refractivity contribution in [1.29, 1.82) is 0 Å². The summed E-state index contributed by atoms with van der Waals surface area (Å²) >= 11 is 0. The first kappa shape index (κ1) is 31.2. The first-order valence-electron chi connectivity index (χ1n) is 19.7. The Balaban J connectivity index is 1.00. The van der Waals surface area contributed by atoms with Crippen molar-refractivity contribution in [2.45, 2.75) is 12.8 Å². The molecular weight excluding hydrogens is 677 g/mol. The van der Waals surface area contributed by atoms with Crippen LogP contribution in [0.1, 0.15) is 12.8 Å². The molecule has 0 aliphatic heterocycles. The van der Waals surface area contributed by atoms with Crippen LogP contribution < -0.4 is 10.6 Å². The van der Waals surface area contributed by atoms with E-state index in [2.05, 4.69) is 203 Å². The first-order chi connectivity index (χ1) is 27.8. The van der Waals surface area contributed by atoms with Crippen LogP contribution in [0.25, 0.3) is 111 Å². The van der Waals surface area contributed by atoms with Gasteiger partial charge in [-0.1, -0.05) is 133 Å². The van der Waals surface area contributed by atoms with Crippen LogP contribution in [0.15, 0.2) is 182 Å². The predicted molar refractivity (Wildman–Crippen MR) is 238 cm³/mol. The number of nitrogens with zero attached hydrogens (tertiary/aromatic N) is 2. The van der Waals surface area contributed by atoms with Crippen molar-refractivity contribution in [3.63, 3.8) is 0 Å².